The number of hydrogen-bond acceptors (Lipinski definition) is 3. The van der Waals surface area contributed by atoms with Gasteiger partial charge in [0, 0.05) is 25.5 Å². The molecular weight excluding hydrogens is 436 g/mol. The van der Waals surface area contributed by atoms with Crippen LogP contribution >= 0.6 is 31.9 Å². The summed E-state index contributed by atoms with van der Waals surface area (Å²) in [4.78, 5) is 16.3. The molecule has 6 heteroatoms. The van der Waals surface area contributed by atoms with Crippen LogP contribution in [-0.4, -0.2) is 24.1 Å². The Hall–Kier alpha value is -0.850. The molecule has 0 radical (unpaired) electrons. The normalized spacial score (nSPS) is 22.0. The van der Waals surface area contributed by atoms with E-state index in [9.17, 15) is 4.79 Å². The van der Waals surface area contributed by atoms with Crippen LogP contribution in [-0.2, 0) is 16.0 Å². The van der Waals surface area contributed by atoms with Gasteiger partial charge in [0.15, 0.2) is 0 Å². The fourth-order valence-electron chi connectivity index (χ4n) is 4.14. The lowest BCUT2D eigenvalue weighted by Gasteiger charge is -2.46. The van der Waals surface area contributed by atoms with Crippen LogP contribution in [0.1, 0.15) is 43.5 Å². The van der Waals surface area contributed by atoms with Crippen molar-refractivity contribution in [3.05, 3.63) is 32.3 Å². The molecule has 0 amide bonds. The second-order valence-electron chi connectivity index (χ2n) is 6.70. The number of aromatic nitrogens is 1. The van der Waals surface area contributed by atoms with E-state index >= 15 is 0 Å². The fourth-order valence-corrected chi connectivity index (χ4v) is 4.83. The predicted octanol–water partition coefficient (Wildman–Crippen LogP) is 4.61. The van der Waals surface area contributed by atoms with Crippen LogP contribution in [0.2, 0.25) is 0 Å². The number of fused-ring (bicyclic) bond motifs is 3. The topological polar surface area (TPSA) is 54.1 Å². The summed E-state index contributed by atoms with van der Waals surface area (Å²) >= 11 is 7.18. The Morgan fingerprint density at radius 2 is 2.08 bits per heavy atom. The average molecular weight is 456 g/mol. The van der Waals surface area contributed by atoms with Crippen molar-refractivity contribution in [2.45, 2.75) is 38.6 Å². The Bertz CT molecular complexity index is 811. The maximum atomic E-state index is 12.7. The molecule has 0 saturated heterocycles. The summed E-state index contributed by atoms with van der Waals surface area (Å²) in [7, 11) is 0. The third kappa shape index (κ3) is 2.37. The van der Waals surface area contributed by atoms with Crippen molar-refractivity contribution in [2.75, 3.05) is 13.2 Å². The van der Waals surface area contributed by atoms with E-state index in [2.05, 4.69) is 54.3 Å². The van der Waals surface area contributed by atoms with Gasteiger partial charge in [-0.25, -0.2) is 0 Å². The number of benzene rings is 1. The lowest BCUT2D eigenvalue weighted by Crippen LogP contribution is -2.51. The van der Waals surface area contributed by atoms with Gasteiger partial charge in [-0.1, -0.05) is 6.42 Å². The molecule has 2 N–H and O–H groups in total. The zero-order valence-electron chi connectivity index (χ0n) is 13.5. The molecule has 0 bridgehead atoms. The molecule has 1 fully saturated rings. The lowest BCUT2D eigenvalue weighted by molar-refractivity contribution is -0.164. The van der Waals surface area contributed by atoms with Crippen LogP contribution in [0.25, 0.3) is 10.9 Å². The number of carbonyl (C=O) groups is 1. The van der Waals surface area contributed by atoms with E-state index in [1.807, 2.05) is 6.92 Å². The molecule has 1 aliphatic carbocycles. The zero-order valence-corrected chi connectivity index (χ0v) is 16.7. The lowest BCUT2D eigenvalue weighted by atomic mass is 9.62. The highest BCUT2D eigenvalue weighted by Gasteiger charge is 2.53. The first-order valence-electron chi connectivity index (χ1n) is 8.47. The first kappa shape index (κ1) is 16.6. The average Bonchev–Trinajstić information content (AvgIpc) is 2.85. The van der Waals surface area contributed by atoms with Gasteiger partial charge in [0.05, 0.1) is 18.1 Å². The first-order valence-corrected chi connectivity index (χ1v) is 10.1. The van der Waals surface area contributed by atoms with Crippen LogP contribution in [0.5, 0.6) is 0 Å². The molecule has 24 heavy (non-hydrogen) atoms. The second kappa shape index (κ2) is 6.15. The van der Waals surface area contributed by atoms with Gasteiger partial charge in [-0.3, -0.25) is 4.79 Å². The van der Waals surface area contributed by atoms with Crippen LogP contribution < -0.4 is 5.32 Å². The number of rotatable bonds is 3. The molecule has 1 aromatic heterocycles. The molecule has 1 saturated carbocycles. The predicted molar refractivity (Wildman–Crippen MR) is 101 cm³/mol. The van der Waals surface area contributed by atoms with Crippen molar-refractivity contribution < 1.29 is 9.53 Å². The fraction of sp³-hybridized carbons (Fsp3) is 0.500. The van der Waals surface area contributed by atoms with Gasteiger partial charge in [0.2, 0.25) is 0 Å². The second-order valence-corrected chi connectivity index (χ2v) is 8.41. The number of nitrogens with one attached hydrogen (secondary N) is 2. The van der Waals surface area contributed by atoms with Gasteiger partial charge in [-0.05, 0) is 82.3 Å². The minimum absolute atomic E-state index is 0.0130. The Balaban J connectivity index is 1.83. The molecule has 2 aliphatic rings. The summed E-state index contributed by atoms with van der Waals surface area (Å²) in [6.45, 7) is 3.20. The summed E-state index contributed by atoms with van der Waals surface area (Å²) in [6, 6.07) is 4.28. The molecule has 1 unspecified atom stereocenters. The number of esters is 1. The number of halogens is 2. The van der Waals surface area contributed by atoms with Crippen molar-refractivity contribution in [1.82, 2.24) is 10.3 Å². The SMILES string of the molecule is CCOC(=O)C1(C2NCCc3c2[nH]c2cc(Br)c(Br)cc32)CCC1. The molecular formula is C18H20Br2N2O2. The molecule has 4 rings (SSSR count). The molecule has 0 spiro atoms. The van der Waals surface area contributed by atoms with Gasteiger partial charge in [-0.15, -0.1) is 0 Å². The van der Waals surface area contributed by atoms with Gasteiger partial charge in [-0.2, -0.15) is 0 Å². The van der Waals surface area contributed by atoms with Crippen molar-refractivity contribution in [3.63, 3.8) is 0 Å². The molecule has 1 atom stereocenters. The molecule has 2 heterocycles. The van der Waals surface area contributed by atoms with Crippen LogP contribution in [0.3, 0.4) is 0 Å². The third-order valence-corrected chi connectivity index (χ3v) is 7.32. The van der Waals surface area contributed by atoms with Gasteiger partial charge in [0.25, 0.3) is 0 Å². The Morgan fingerprint density at radius 3 is 2.75 bits per heavy atom. The molecule has 1 aromatic carbocycles. The summed E-state index contributed by atoms with van der Waals surface area (Å²) < 4.78 is 7.50. The van der Waals surface area contributed by atoms with Crippen molar-refractivity contribution in [2.24, 2.45) is 5.41 Å². The number of carbonyl (C=O) groups excluding carboxylic acids is 1. The molecule has 128 valence electrons. The number of ether oxygens (including phenoxy) is 1. The highest BCUT2D eigenvalue weighted by Crippen LogP contribution is 2.53. The van der Waals surface area contributed by atoms with Gasteiger partial charge >= 0.3 is 5.97 Å². The highest BCUT2D eigenvalue weighted by molar-refractivity contribution is 9.13. The summed E-state index contributed by atoms with van der Waals surface area (Å²) in [5, 5.41) is 4.83. The number of H-pyrrole nitrogens is 1. The quantitative estimate of drug-likeness (QED) is 0.664. The van der Waals surface area contributed by atoms with Crippen LogP contribution in [0.15, 0.2) is 21.1 Å². The van der Waals surface area contributed by atoms with E-state index in [0.29, 0.717) is 6.61 Å². The van der Waals surface area contributed by atoms with Crippen LogP contribution in [0, 0.1) is 5.41 Å². The summed E-state index contributed by atoms with van der Waals surface area (Å²) in [6.07, 6.45) is 3.85. The number of aromatic amines is 1. The molecule has 1 aliphatic heterocycles. The Morgan fingerprint density at radius 1 is 1.33 bits per heavy atom. The van der Waals surface area contributed by atoms with Gasteiger partial charge < -0.3 is 15.0 Å². The Kier molecular flexibility index (Phi) is 4.25. The van der Waals surface area contributed by atoms with Gasteiger partial charge in [0.1, 0.15) is 0 Å². The third-order valence-electron chi connectivity index (χ3n) is 5.47. The van der Waals surface area contributed by atoms with E-state index in [0.717, 1.165) is 52.4 Å². The maximum Gasteiger partial charge on any atom is 0.314 e. The van der Waals surface area contributed by atoms with Crippen molar-refractivity contribution in [3.8, 4) is 0 Å². The van der Waals surface area contributed by atoms with Crippen LogP contribution in [0.4, 0.5) is 0 Å². The smallest absolute Gasteiger partial charge is 0.314 e. The Labute approximate surface area is 158 Å². The highest BCUT2D eigenvalue weighted by atomic mass is 79.9. The maximum absolute atomic E-state index is 12.7. The van der Waals surface area contributed by atoms with Crippen molar-refractivity contribution >= 4 is 48.7 Å². The summed E-state index contributed by atoms with van der Waals surface area (Å²) in [5.74, 6) is -0.0531. The monoisotopic (exact) mass is 454 g/mol. The molecule has 4 nitrogen and oxygen atoms in total. The van der Waals surface area contributed by atoms with E-state index in [4.69, 9.17) is 4.74 Å². The largest absolute Gasteiger partial charge is 0.466 e. The standard InChI is InChI=1S/C18H20Br2N2O2/c1-2-24-17(23)18(5-3-6-18)16-15-10(4-7-21-16)11-8-12(19)13(20)9-14(11)22-15/h8-9,16,21-22H,2-7H2,1H3. The minimum Gasteiger partial charge on any atom is -0.466 e. The molecule has 2 aromatic rings. The number of hydrogen-bond donors (Lipinski definition) is 2. The first-order chi connectivity index (χ1) is 11.6. The van der Waals surface area contributed by atoms with E-state index in [-0.39, 0.29) is 12.0 Å². The van der Waals surface area contributed by atoms with E-state index in [1.54, 1.807) is 0 Å². The summed E-state index contributed by atoms with van der Waals surface area (Å²) in [5.41, 5.74) is 3.19. The minimum atomic E-state index is -0.416. The van der Waals surface area contributed by atoms with E-state index in [1.165, 1.54) is 10.9 Å². The zero-order chi connectivity index (χ0) is 16.9. The van der Waals surface area contributed by atoms with E-state index < -0.39 is 5.41 Å². The van der Waals surface area contributed by atoms with Crippen molar-refractivity contribution in [1.29, 1.82) is 0 Å².